The third kappa shape index (κ3) is 2.72. The van der Waals surface area contributed by atoms with Gasteiger partial charge in [-0.15, -0.1) is 0 Å². The Labute approximate surface area is 113 Å². The number of aromatic nitrogens is 1. The van der Waals surface area contributed by atoms with E-state index in [0.717, 1.165) is 18.2 Å². The number of nitrogens with one attached hydrogen (secondary N) is 1. The molecule has 2 aromatic rings. The highest BCUT2D eigenvalue weighted by atomic mass is 32.2. The van der Waals surface area contributed by atoms with Crippen molar-refractivity contribution >= 4 is 21.4 Å². The molecule has 0 fully saturated rings. The van der Waals surface area contributed by atoms with Crippen LogP contribution in [0.3, 0.4) is 0 Å². The quantitative estimate of drug-likeness (QED) is 0.686. The second-order valence-corrected chi connectivity index (χ2v) is 5.34. The van der Waals surface area contributed by atoms with Crippen molar-refractivity contribution in [3.05, 3.63) is 58.7 Å². The highest BCUT2D eigenvalue weighted by Crippen LogP contribution is 2.28. The predicted molar refractivity (Wildman–Crippen MR) is 68.1 cm³/mol. The van der Waals surface area contributed by atoms with Crippen molar-refractivity contribution in [3.8, 4) is 0 Å². The maximum absolute atomic E-state index is 13.4. The summed E-state index contributed by atoms with van der Waals surface area (Å²) in [5, 5.41) is 10.8. The lowest BCUT2D eigenvalue weighted by Gasteiger charge is -2.08. The molecule has 1 aromatic carbocycles. The first-order valence-electron chi connectivity index (χ1n) is 5.27. The highest BCUT2D eigenvalue weighted by Gasteiger charge is 2.29. The van der Waals surface area contributed by atoms with E-state index >= 15 is 0 Å². The van der Waals surface area contributed by atoms with Gasteiger partial charge in [-0.2, -0.15) is 4.39 Å². The predicted octanol–water partition coefficient (Wildman–Crippen LogP) is 1.93. The Hall–Kier alpha value is -2.55. The molecule has 7 nitrogen and oxygen atoms in total. The molecule has 1 aromatic heterocycles. The van der Waals surface area contributed by atoms with Crippen LogP contribution in [0, 0.1) is 15.9 Å². The number of pyridine rings is 1. The van der Waals surface area contributed by atoms with E-state index in [1.807, 2.05) is 0 Å². The van der Waals surface area contributed by atoms with Gasteiger partial charge in [-0.3, -0.25) is 19.8 Å². The number of rotatable bonds is 4. The van der Waals surface area contributed by atoms with Gasteiger partial charge in [-0.1, -0.05) is 6.07 Å². The molecule has 0 amide bonds. The number of halogens is 1. The molecule has 9 heteroatoms. The second kappa shape index (κ2) is 5.21. The Morgan fingerprint density at radius 2 is 1.85 bits per heavy atom. The fraction of sp³-hybridized carbons (Fsp3) is 0. The lowest BCUT2D eigenvalue weighted by atomic mass is 10.3. The SMILES string of the molecule is O=[N+]([O-])c1c(F)cccc1S(=O)(=O)Nc1ccncc1. The van der Waals surface area contributed by atoms with Crippen LogP contribution in [0.15, 0.2) is 47.6 Å². The van der Waals surface area contributed by atoms with Crippen molar-refractivity contribution in [2.75, 3.05) is 4.72 Å². The minimum atomic E-state index is -4.27. The molecular formula is C11H8FN3O4S. The molecule has 0 aliphatic carbocycles. The molecule has 0 saturated heterocycles. The number of nitrogens with zero attached hydrogens (tertiary/aromatic N) is 2. The Kier molecular flexibility index (Phi) is 3.61. The van der Waals surface area contributed by atoms with Gasteiger partial charge in [-0.25, -0.2) is 8.42 Å². The fourth-order valence-electron chi connectivity index (χ4n) is 1.52. The summed E-state index contributed by atoms with van der Waals surface area (Å²) in [7, 11) is -4.27. The summed E-state index contributed by atoms with van der Waals surface area (Å²) < 4.78 is 39.7. The molecule has 1 heterocycles. The van der Waals surface area contributed by atoms with E-state index in [2.05, 4.69) is 9.71 Å². The number of anilines is 1. The molecule has 104 valence electrons. The van der Waals surface area contributed by atoms with Crippen LogP contribution in [0.5, 0.6) is 0 Å². The van der Waals surface area contributed by atoms with Gasteiger partial charge in [0.1, 0.15) is 0 Å². The van der Waals surface area contributed by atoms with E-state index in [1.54, 1.807) is 0 Å². The summed E-state index contributed by atoms with van der Waals surface area (Å²) in [5.41, 5.74) is -0.924. The van der Waals surface area contributed by atoms with Crippen LogP contribution in [-0.2, 0) is 10.0 Å². The summed E-state index contributed by atoms with van der Waals surface area (Å²) in [6.07, 6.45) is 2.69. The van der Waals surface area contributed by atoms with Gasteiger partial charge >= 0.3 is 5.69 Å². The summed E-state index contributed by atoms with van der Waals surface area (Å²) in [5.74, 6) is -1.22. The van der Waals surface area contributed by atoms with Gasteiger partial charge in [0.05, 0.1) is 10.6 Å². The largest absolute Gasteiger partial charge is 0.325 e. The standard InChI is InChI=1S/C11H8FN3O4S/c12-9-2-1-3-10(11(9)15(16)17)20(18,19)14-8-4-6-13-7-5-8/h1-7H,(H,13,14). The molecule has 0 spiro atoms. The Morgan fingerprint density at radius 3 is 2.45 bits per heavy atom. The third-order valence-electron chi connectivity index (χ3n) is 2.35. The van der Waals surface area contributed by atoms with Crippen molar-refractivity contribution in [2.45, 2.75) is 4.90 Å². The topological polar surface area (TPSA) is 102 Å². The monoisotopic (exact) mass is 297 g/mol. The number of benzene rings is 1. The van der Waals surface area contributed by atoms with Crippen molar-refractivity contribution in [2.24, 2.45) is 0 Å². The first kappa shape index (κ1) is 13.9. The minimum absolute atomic E-state index is 0.165. The smallest absolute Gasteiger partial charge is 0.279 e. The lowest BCUT2D eigenvalue weighted by molar-refractivity contribution is -0.390. The van der Waals surface area contributed by atoms with Gasteiger partial charge in [-0.05, 0) is 24.3 Å². The molecule has 0 saturated carbocycles. The molecular weight excluding hydrogens is 289 g/mol. The van der Waals surface area contributed by atoms with Crippen LogP contribution in [0.25, 0.3) is 0 Å². The molecule has 0 unspecified atom stereocenters. The summed E-state index contributed by atoms with van der Waals surface area (Å²) in [6, 6.07) is 5.60. The zero-order valence-corrected chi connectivity index (χ0v) is 10.7. The van der Waals surface area contributed by atoms with Gasteiger partial charge in [0.15, 0.2) is 4.90 Å². The van der Waals surface area contributed by atoms with Crippen LogP contribution < -0.4 is 4.72 Å². The van der Waals surface area contributed by atoms with Crippen molar-refractivity contribution in [1.29, 1.82) is 0 Å². The minimum Gasteiger partial charge on any atom is -0.279 e. The van der Waals surface area contributed by atoms with Crippen LogP contribution in [-0.4, -0.2) is 18.3 Å². The average molecular weight is 297 g/mol. The maximum Gasteiger partial charge on any atom is 0.325 e. The third-order valence-corrected chi connectivity index (χ3v) is 3.77. The van der Waals surface area contributed by atoms with Crippen LogP contribution in [0.4, 0.5) is 15.8 Å². The van der Waals surface area contributed by atoms with Gasteiger partial charge in [0.2, 0.25) is 5.82 Å². The normalized spacial score (nSPS) is 11.1. The number of sulfonamides is 1. The van der Waals surface area contributed by atoms with Gasteiger partial charge < -0.3 is 0 Å². The molecule has 0 radical (unpaired) electrons. The second-order valence-electron chi connectivity index (χ2n) is 3.69. The first-order chi connectivity index (χ1) is 9.42. The average Bonchev–Trinajstić information content (AvgIpc) is 2.38. The molecule has 0 aliphatic rings. The van der Waals surface area contributed by atoms with E-state index in [-0.39, 0.29) is 5.69 Å². The number of hydrogen-bond acceptors (Lipinski definition) is 5. The maximum atomic E-state index is 13.4. The van der Waals surface area contributed by atoms with E-state index < -0.39 is 31.3 Å². The van der Waals surface area contributed by atoms with Crippen molar-refractivity contribution in [1.82, 2.24) is 4.98 Å². The summed E-state index contributed by atoms with van der Waals surface area (Å²) >= 11 is 0. The highest BCUT2D eigenvalue weighted by molar-refractivity contribution is 7.92. The van der Waals surface area contributed by atoms with E-state index in [1.165, 1.54) is 24.5 Å². The van der Waals surface area contributed by atoms with Crippen LogP contribution in [0.1, 0.15) is 0 Å². The molecule has 0 atom stereocenters. The van der Waals surface area contributed by atoms with Gasteiger partial charge in [0.25, 0.3) is 10.0 Å². The van der Waals surface area contributed by atoms with Crippen LogP contribution >= 0.6 is 0 Å². The molecule has 0 bridgehead atoms. The number of nitro benzene ring substituents is 1. The van der Waals surface area contributed by atoms with Crippen molar-refractivity contribution in [3.63, 3.8) is 0 Å². The zero-order chi connectivity index (χ0) is 14.8. The number of hydrogen-bond donors (Lipinski definition) is 1. The Bertz CT molecular complexity index is 750. The molecule has 20 heavy (non-hydrogen) atoms. The lowest BCUT2D eigenvalue weighted by Crippen LogP contribution is -2.15. The molecule has 0 aliphatic heterocycles. The van der Waals surface area contributed by atoms with E-state index in [4.69, 9.17) is 0 Å². The first-order valence-corrected chi connectivity index (χ1v) is 6.76. The number of nitro groups is 1. The summed E-state index contributed by atoms with van der Waals surface area (Å²) in [6.45, 7) is 0. The molecule has 1 N–H and O–H groups in total. The fourth-order valence-corrected chi connectivity index (χ4v) is 2.76. The van der Waals surface area contributed by atoms with Gasteiger partial charge in [0, 0.05) is 12.4 Å². The molecule has 2 rings (SSSR count). The zero-order valence-electron chi connectivity index (χ0n) is 9.86. The van der Waals surface area contributed by atoms with E-state index in [0.29, 0.717) is 0 Å². The van der Waals surface area contributed by atoms with E-state index in [9.17, 15) is 22.9 Å². The Morgan fingerprint density at radius 1 is 1.20 bits per heavy atom. The Balaban J connectivity index is 2.50. The summed E-state index contributed by atoms with van der Waals surface area (Å²) in [4.78, 5) is 12.7. The number of para-hydroxylation sites is 1. The van der Waals surface area contributed by atoms with Crippen molar-refractivity contribution < 1.29 is 17.7 Å². The van der Waals surface area contributed by atoms with Crippen LogP contribution in [0.2, 0.25) is 0 Å².